The number of anilines is 2. The van der Waals surface area contributed by atoms with Gasteiger partial charge >= 0.3 is 0 Å². The number of hydrogen-bond acceptors (Lipinski definition) is 4. The lowest BCUT2D eigenvalue weighted by atomic mass is 10.0. The Bertz CT molecular complexity index is 857. The molecule has 0 bridgehead atoms. The minimum absolute atomic E-state index is 0.177. The third kappa shape index (κ3) is 5.58. The number of nitrogens with zero attached hydrogens (tertiary/aromatic N) is 2. The normalized spacial score (nSPS) is 11.0. The molecule has 2 heterocycles. The van der Waals surface area contributed by atoms with E-state index in [1.165, 1.54) is 42.7 Å². The van der Waals surface area contributed by atoms with Gasteiger partial charge in [0.2, 0.25) is 0 Å². The van der Waals surface area contributed by atoms with Crippen LogP contribution in [0, 0.1) is 11.6 Å². The fraction of sp³-hybridized carbons (Fsp3) is 0.364. The van der Waals surface area contributed by atoms with Crippen LogP contribution in [0.1, 0.15) is 51.0 Å². The van der Waals surface area contributed by atoms with Crippen molar-refractivity contribution in [1.29, 1.82) is 0 Å². The van der Waals surface area contributed by atoms with E-state index in [-0.39, 0.29) is 5.56 Å². The SMILES string of the molecule is CCCCCCCCc1c(F)cc(Nc2nc(-c3cccnc3)cs2)cc1F. The highest BCUT2D eigenvalue weighted by molar-refractivity contribution is 7.14. The van der Waals surface area contributed by atoms with Crippen LogP contribution in [0.15, 0.2) is 42.0 Å². The molecule has 0 fully saturated rings. The zero-order valence-electron chi connectivity index (χ0n) is 16.0. The number of rotatable bonds is 10. The average Bonchev–Trinajstić information content (AvgIpc) is 3.15. The lowest BCUT2D eigenvalue weighted by molar-refractivity contribution is 0.539. The van der Waals surface area contributed by atoms with Crippen molar-refractivity contribution in [2.75, 3.05) is 5.32 Å². The van der Waals surface area contributed by atoms with Gasteiger partial charge in [-0.3, -0.25) is 4.98 Å². The van der Waals surface area contributed by atoms with E-state index >= 15 is 0 Å². The molecule has 0 saturated heterocycles. The van der Waals surface area contributed by atoms with E-state index in [2.05, 4.69) is 22.2 Å². The molecule has 0 aliphatic heterocycles. The first kappa shape index (κ1) is 20.4. The second-order valence-electron chi connectivity index (χ2n) is 6.84. The Labute approximate surface area is 168 Å². The van der Waals surface area contributed by atoms with Crippen molar-refractivity contribution in [3.8, 4) is 11.3 Å². The molecule has 6 heteroatoms. The van der Waals surface area contributed by atoms with Crippen molar-refractivity contribution in [1.82, 2.24) is 9.97 Å². The predicted molar refractivity (Wildman–Crippen MR) is 112 cm³/mol. The number of benzene rings is 1. The van der Waals surface area contributed by atoms with Gasteiger partial charge in [-0.05, 0) is 37.1 Å². The molecule has 28 heavy (non-hydrogen) atoms. The Morgan fingerprint density at radius 3 is 2.50 bits per heavy atom. The van der Waals surface area contributed by atoms with Gasteiger partial charge in [-0.15, -0.1) is 11.3 Å². The molecule has 0 unspecified atom stereocenters. The first-order chi connectivity index (χ1) is 13.7. The molecule has 3 rings (SSSR count). The number of pyridine rings is 1. The number of unbranched alkanes of at least 4 members (excludes halogenated alkanes) is 5. The maximum atomic E-state index is 14.4. The summed E-state index contributed by atoms with van der Waals surface area (Å²) in [5.74, 6) is -1.000. The maximum absolute atomic E-state index is 14.4. The summed E-state index contributed by atoms with van der Waals surface area (Å²) in [6.07, 6.45) is 10.4. The van der Waals surface area contributed by atoms with Crippen LogP contribution >= 0.6 is 11.3 Å². The van der Waals surface area contributed by atoms with Crippen molar-refractivity contribution in [2.45, 2.75) is 51.9 Å². The van der Waals surface area contributed by atoms with E-state index in [0.29, 0.717) is 17.2 Å². The summed E-state index contributed by atoms with van der Waals surface area (Å²) >= 11 is 1.38. The van der Waals surface area contributed by atoms with Gasteiger partial charge in [-0.1, -0.05) is 39.0 Å². The fourth-order valence-corrected chi connectivity index (χ4v) is 3.84. The molecule has 0 radical (unpaired) electrons. The predicted octanol–water partition coefficient (Wildman–Crippen LogP) is 7.13. The van der Waals surface area contributed by atoms with Crippen LogP contribution in [0.5, 0.6) is 0 Å². The molecular weight excluding hydrogens is 376 g/mol. The molecule has 0 atom stereocenters. The van der Waals surface area contributed by atoms with E-state index in [1.807, 2.05) is 17.5 Å². The first-order valence-electron chi connectivity index (χ1n) is 9.78. The number of hydrogen-bond donors (Lipinski definition) is 1. The summed E-state index contributed by atoms with van der Waals surface area (Å²) in [6, 6.07) is 6.46. The van der Waals surface area contributed by atoms with Gasteiger partial charge in [0.25, 0.3) is 0 Å². The van der Waals surface area contributed by atoms with Gasteiger partial charge in [0.05, 0.1) is 5.69 Å². The van der Waals surface area contributed by atoms with Gasteiger partial charge in [0.15, 0.2) is 5.13 Å². The molecule has 3 nitrogen and oxygen atoms in total. The van der Waals surface area contributed by atoms with E-state index < -0.39 is 11.6 Å². The molecule has 3 aromatic rings. The van der Waals surface area contributed by atoms with E-state index in [0.717, 1.165) is 30.5 Å². The third-order valence-electron chi connectivity index (χ3n) is 4.63. The Morgan fingerprint density at radius 1 is 1.04 bits per heavy atom. The van der Waals surface area contributed by atoms with Crippen molar-refractivity contribution >= 4 is 22.2 Å². The van der Waals surface area contributed by atoms with Crippen LogP contribution in [-0.2, 0) is 6.42 Å². The van der Waals surface area contributed by atoms with Gasteiger partial charge in [0.1, 0.15) is 11.6 Å². The molecule has 0 aliphatic carbocycles. The quantitative estimate of drug-likeness (QED) is 0.367. The summed E-state index contributed by atoms with van der Waals surface area (Å²) in [5, 5.41) is 5.47. The van der Waals surface area contributed by atoms with Crippen LogP contribution in [0.2, 0.25) is 0 Å². The second kappa shape index (κ2) is 10.3. The van der Waals surface area contributed by atoms with Crippen molar-refractivity contribution in [3.05, 3.63) is 59.2 Å². The highest BCUT2D eigenvalue weighted by atomic mass is 32.1. The summed E-state index contributed by atoms with van der Waals surface area (Å²) in [7, 11) is 0. The lowest BCUT2D eigenvalue weighted by Gasteiger charge is -2.09. The zero-order chi connectivity index (χ0) is 19.8. The third-order valence-corrected chi connectivity index (χ3v) is 5.39. The monoisotopic (exact) mass is 401 g/mol. The fourth-order valence-electron chi connectivity index (χ4n) is 3.10. The topological polar surface area (TPSA) is 37.8 Å². The average molecular weight is 402 g/mol. The molecule has 1 N–H and O–H groups in total. The summed E-state index contributed by atoms with van der Waals surface area (Å²) in [6.45, 7) is 2.17. The van der Waals surface area contributed by atoms with E-state index in [4.69, 9.17) is 0 Å². The maximum Gasteiger partial charge on any atom is 0.187 e. The van der Waals surface area contributed by atoms with Crippen LogP contribution in [0.4, 0.5) is 19.6 Å². The van der Waals surface area contributed by atoms with Crippen LogP contribution in [0.25, 0.3) is 11.3 Å². The molecular formula is C22H25F2N3S. The van der Waals surface area contributed by atoms with Gasteiger partial charge in [0, 0.05) is 34.6 Å². The first-order valence-corrected chi connectivity index (χ1v) is 10.7. The highest BCUT2D eigenvalue weighted by Gasteiger charge is 2.12. The Balaban J connectivity index is 1.60. The minimum Gasteiger partial charge on any atom is -0.331 e. The largest absolute Gasteiger partial charge is 0.331 e. The zero-order valence-corrected chi connectivity index (χ0v) is 16.9. The number of nitrogens with one attached hydrogen (secondary N) is 1. The lowest BCUT2D eigenvalue weighted by Crippen LogP contribution is -1.99. The van der Waals surface area contributed by atoms with Gasteiger partial charge < -0.3 is 5.32 Å². The van der Waals surface area contributed by atoms with Crippen LogP contribution in [0.3, 0.4) is 0 Å². The molecule has 0 saturated carbocycles. The van der Waals surface area contributed by atoms with E-state index in [9.17, 15) is 8.78 Å². The number of thiazole rings is 1. The molecule has 1 aromatic carbocycles. The minimum atomic E-state index is -0.500. The second-order valence-corrected chi connectivity index (χ2v) is 7.70. The molecule has 148 valence electrons. The van der Waals surface area contributed by atoms with Crippen molar-refractivity contribution in [2.24, 2.45) is 0 Å². The Kier molecular flexibility index (Phi) is 7.48. The van der Waals surface area contributed by atoms with Crippen molar-refractivity contribution < 1.29 is 8.78 Å². The summed E-state index contributed by atoms with van der Waals surface area (Å²) in [5.41, 5.74) is 2.23. The van der Waals surface area contributed by atoms with Crippen molar-refractivity contribution in [3.63, 3.8) is 0 Å². The number of aromatic nitrogens is 2. The highest BCUT2D eigenvalue weighted by Crippen LogP contribution is 2.28. The van der Waals surface area contributed by atoms with Crippen LogP contribution in [-0.4, -0.2) is 9.97 Å². The molecule has 2 aromatic heterocycles. The Morgan fingerprint density at radius 2 is 1.79 bits per heavy atom. The molecule has 0 aliphatic rings. The van der Waals surface area contributed by atoms with Gasteiger partial charge in [-0.2, -0.15) is 0 Å². The molecule has 0 amide bonds. The number of halogens is 2. The summed E-state index contributed by atoms with van der Waals surface area (Å²) < 4.78 is 28.8. The standard InChI is InChI=1S/C22H25F2N3S/c1-2-3-4-5-6-7-10-18-19(23)12-17(13-20(18)24)26-22-27-21(15-28-22)16-9-8-11-25-14-16/h8-9,11-15H,2-7,10H2,1H3,(H,26,27). The van der Waals surface area contributed by atoms with Crippen LogP contribution < -0.4 is 5.32 Å². The smallest absolute Gasteiger partial charge is 0.187 e. The van der Waals surface area contributed by atoms with Gasteiger partial charge in [-0.25, -0.2) is 13.8 Å². The van der Waals surface area contributed by atoms with E-state index in [1.54, 1.807) is 12.4 Å². The summed E-state index contributed by atoms with van der Waals surface area (Å²) in [4.78, 5) is 8.54. The Hall–Kier alpha value is -2.34. The molecule has 0 spiro atoms.